The summed E-state index contributed by atoms with van der Waals surface area (Å²) >= 11 is 0. The van der Waals surface area contributed by atoms with Crippen LogP contribution < -0.4 is 10.6 Å². The number of aryl methyl sites for hydroxylation is 2. The first kappa shape index (κ1) is 18.6. The van der Waals surface area contributed by atoms with Gasteiger partial charge < -0.3 is 15.1 Å². The molecule has 0 saturated carbocycles. The standard InChI is InChI=1S/C17H17F3N2O3/c1-11-4-5-12(16(24)21-10-17(18,19)20)9-14(11)22-15(23)7-6-13-3-2-8-25-13/h2-5,8-9H,6-7,10H2,1H3,(H,21,24)(H,22,23). The van der Waals surface area contributed by atoms with Gasteiger partial charge >= 0.3 is 6.18 Å². The monoisotopic (exact) mass is 354 g/mol. The van der Waals surface area contributed by atoms with Gasteiger partial charge in [-0.2, -0.15) is 13.2 Å². The van der Waals surface area contributed by atoms with Gasteiger partial charge in [-0.15, -0.1) is 0 Å². The molecule has 8 heteroatoms. The molecule has 134 valence electrons. The largest absolute Gasteiger partial charge is 0.469 e. The molecule has 2 rings (SSSR count). The average Bonchev–Trinajstić information content (AvgIpc) is 3.05. The van der Waals surface area contributed by atoms with Crippen LogP contribution in [0.3, 0.4) is 0 Å². The van der Waals surface area contributed by atoms with Gasteiger partial charge in [0.2, 0.25) is 5.91 Å². The first-order valence-corrected chi connectivity index (χ1v) is 7.52. The van der Waals surface area contributed by atoms with Crippen molar-refractivity contribution in [3.63, 3.8) is 0 Å². The fourth-order valence-electron chi connectivity index (χ4n) is 2.08. The first-order valence-electron chi connectivity index (χ1n) is 7.52. The van der Waals surface area contributed by atoms with Crippen molar-refractivity contribution in [1.82, 2.24) is 5.32 Å². The molecular formula is C17H17F3N2O3. The fourth-order valence-corrected chi connectivity index (χ4v) is 2.08. The van der Waals surface area contributed by atoms with Crippen molar-refractivity contribution in [3.05, 3.63) is 53.5 Å². The second-order valence-electron chi connectivity index (χ2n) is 5.46. The van der Waals surface area contributed by atoms with Gasteiger partial charge in [-0.1, -0.05) is 6.07 Å². The van der Waals surface area contributed by atoms with E-state index in [9.17, 15) is 22.8 Å². The summed E-state index contributed by atoms with van der Waals surface area (Å²) in [7, 11) is 0. The topological polar surface area (TPSA) is 71.3 Å². The SMILES string of the molecule is Cc1ccc(C(=O)NCC(F)(F)F)cc1NC(=O)CCc1ccco1. The first-order chi connectivity index (χ1) is 11.7. The summed E-state index contributed by atoms with van der Waals surface area (Å²) in [6, 6.07) is 7.79. The zero-order valence-corrected chi connectivity index (χ0v) is 13.4. The number of anilines is 1. The highest BCUT2D eigenvalue weighted by atomic mass is 19.4. The zero-order valence-electron chi connectivity index (χ0n) is 13.4. The Hall–Kier alpha value is -2.77. The highest BCUT2D eigenvalue weighted by molar-refractivity contribution is 5.97. The van der Waals surface area contributed by atoms with Crippen molar-refractivity contribution in [2.75, 3.05) is 11.9 Å². The number of carbonyl (C=O) groups is 2. The van der Waals surface area contributed by atoms with Crippen LogP contribution in [0.2, 0.25) is 0 Å². The molecular weight excluding hydrogens is 337 g/mol. The van der Waals surface area contributed by atoms with Crippen LogP contribution in [0.1, 0.15) is 28.1 Å². The minimum Gasteiger partial charge on any atom is -0.469 e. The molecule has 0 fully saturated rings. The maximum absolute atomic E-state index is 12.2. The molecule has 0 aliphatic carbocycles. The molecule has 1 heterocycles. The Bertz CT molecular complexity index is 740. The van der Waals surface area contributed by atoms with E-state index in [1.807, 2.05) is 0 Å². The Morgan fingerprint density at radius 2 is 1.96 bits per heavy atom. The van der Waals surface area contributed by atoms with E-state index >= 15 is 0 Å². The predicted molar refractivity (Wildman–Crippen MR) is 85.2 cm³/mol. The van der Waals surface area contributed by atoms with E-state index in [0.29, 0.717) is 23.4 Å². The van der Waals surface area contributed by atoms with Crippen molar-refractivity contribution in [3.8, 4) is 0 Å². The number of benzene rings is 1. The quantitative estimate of drug-likeness (QED) is 0.835. The molecule has 0 atom stereocenters. The molecule has 2 N–H and O–H groups in total. The molecule has 1 aromatic carbocycles. The lowest BCUT2D eigenvalue weighted by atomic mass is 10.1. The molecule has 2 aromatic rings. The number of hydrogen-bond donors (Lipinski definition) is 2. The Morgan fingerprint density at radius 3 is 2.60 bits per heavy atom. The third kappa shape index (κ3) is 5.98. The summed E-state index contributed by atoms with van der Waals surface area (Å²) < 4.78 is 41.6. The van der Waals surface area contributed by atoms with E-state index in [1.165, 1.54) is 18.4 Å². The number of hydrogen-bond acceptors (Lipinski definition) is 3. The van der Waals surface area contributed by atoms with Gasteiger partial charge in [-0.25, -0.2) is 0 Å². The van der Waals surface area contributed by atoms with Gasteiger partial charge in [0, 0.05) is 24.1 Å². The fraction of sp³-hybridized carbons (Fsp3) is 0.294. The van der Waals surface area contributed by atoms with Crippen molar-refractivity contribution in [1.29, 1.82) is 0 Å². The molecule has 2 amide bonds. The summed E-state index contributed by atoms with van der Waals surface area (Å²) in [6.45, 7) is 0.310. The van der Waals surface area contributed by atoms with Crippen molar-refractivity contribution < 1.29 is 27.2 Å². The van der Waals surface area contributed by atoms with Crippen molar-refractivity contribution in [2.24, 2.45) is 0 Å². The Morgan fingerprint density at radius 1 is 1.20 bits per heavy atom. The molecule has 5 nitrogen and oxygen atoms in total. The summed E-state index contributed by atoms with van der Waals surface area (Å²) in [5.41, 5.74) is 1.11. The van der Waals surface area contributed by atoms with E-state index in [0.717, 1.165) is 0 Å². The number of halogens is 3. The summed E-state index contributed by atoms with van der Waals surface area (Å²) in [5.74, 6) is -0.470. The lowest BCUT2D eigenvalue weighted by Crippen LogP contribution is -2.33. The van der Waals surface area contributed by atoms with Crippen LogP contribution in [0.5, 0.6) is 0 Å². The molecule has 0 aliphatic heterocycles. The molecule has 0 bridgehead atoms. The van der Waals surface area contributed by atoms with Gasteiger partial charge in [0.15, 0.2) is 0 Å². The minimum atomic E-state index is -4.48. The van der Waals surface area contributed by atoms with Gasteiger partial charge in [0.25, 0.3) is 5.91 Å². The molecule has 0 spiro atoms. The summed E-state index contributed by atoms with van der Waals surface area (Å²) in [6.07, 6.45) is -2.37. The molecule has 1 aromatic heterocycles. The van der Waals surface area contributed by atoms with Crippen LogP contribution in [-0.2, 0) is 11.2 Å². The lowest BCUT2D eigenvalue weighted by Gasteiger charge is -2.12. The Kier molecular flexibility index (Phi) is 5.84. The van der Waals surface area contributed by atoms with Gasteiger partial charge in [0.1, 0.15) is 12.3 Å². The van der Waals surface area contributed by atoms with Crippen molar-refractivity contribution in [2.45, 2.75) is 25.9 Å². The van der Waals surface area contributed by atoms with Crippen LogP contribution in [0.4, 0.5) is 18.9 Å². The molecule has 0 aliphatic rings. The van der Waals surface area contributed by atoms with Crippen LogP contribution in [-0.4, -0.2) is 24.5 Å². The Labute approximate surface area is 142 Å². The second-order valence-corrected chi connectivity index (χ2v) is 5.46. The minimum absolute atomic E-state index is 0.0381. The van der Waals surface area contributed by atoms with Crippen molar-refractivity contribution >= 4 is 17.5 Å². The number of amides is 2. The average molecular weight is 354 g/mol. The zero-order chi connectivity index (χ0) is 18.4. The van der Waals surface area contributed by atoms with E-state index in [1.54, 1.807) is 30.4 Å². The van der Waals surface area contributed by atoms with Crippen LogP contribution in [0.25, 0.3) is 0 Å². The number of alkyl halides is 3. The van der Waals surface area contributed by atoms with E-state index < -0.39 is 18.6 Å². The maximum atomic E-state index is 12.2. The lowest BCUT2D eigenvalue weighted by molar-refractivity contribution is -0.123. The highest BCUT2D eigenvalue weighted by Crippen LogP contribution is 2.18. The predicted octanol–water partition coefficient (Wildman–Crippen LogP) is 3.45. The maximum Gasteiger partial charge on any atom is 0.405 e. The van der Waals surface area contributed by atoms with E-state index in [2.05, 4.69) is 5.32 Å². The summed E-state index contributed by atoms with van der Waals surface area (Å²) in [4.78, 5) is 23.8. The second kappa shape index (κ2) is 7.87. The van der Waals surface area contributed by atoms with Gasteiger partial charge in [0.05, 0.1) is 6.26 Å². The number of furan rings is 1. The molecule has 0 saturated heterocycles. The number of nitrogens with one attached hydrogen (secondary N) is 2. The van der Waals surface area contributed by atoms with Crippen LogP contribution >= 0.6 is 0 Å². The molecule has 25 heavy (non-hydrogen) atoms. The summed E-state index contributed by atoms with van der Waals surface area (Å²) in [5, 5.41) is 4.45. The van der Waals surface area contributed by atoms with Gasteiger partial charge in [-0.3, -0.25) is 9.59 Å². The number of carbonyl (C=O) groups excluding carboxylic acids is 2. The third-order valence-corrected chi connectivity index (χ3v) is 3.40. The highest BCUT2D eigenvalue weighted by Gasteiger charge is 2.28. The third-order valence-electron chi connectivity index (χ3n) is 3.40. The Balaban J connectivity index is 1.98. The molecule has 0 radical (unpaired) electrons. The van der Waals surface area contributed by atoms with E-state index in [4.69, 9.17) is 4.42 Å². The van der Waals surface area contributed by atoms with Crippen LogP contribution in [0.15, 0.2) is 41.0 Å². The normalized spacial score (nSPS) is 11.2. The smallest absolute Gasteiger partial charge is 0.405 e. The van der Waals surface area contributed by atoms with Crippen LogP contribution in [0, 0.1) is 6.92 Å². The molecule has 0 unspecified atom stereocenters. The van der Waals surface area contributed by atoms with E-state index in [-0.39, 0.29) is 17.9 Å². The number of rotatable bonds is 6. The van der Waals surface area contributed by atoms with Gasteiger partial charge in [-0.05, 0) is 36.8 Å².